The minimum absolute atomic E-state index is 0.529. The maximum absolute atomic E-state index is 4.75. The number of fused-ring (bicyclic) bond motifs is 1. The molecule has 1 aliphatic rings. The lowest BCUT2D eigenvalue weighted by Crippen LogP contribution is -2.22. The smallest absolute Gasteiger partial charge is 0.111 e. The maximum atomic E-state index is 4.75. The van der Waals surface area contributed by atoms with Crippen LogP contribution in [0.2, 0.25) is 0 Å². The predicted molar refractivity (Wildman–Crippen MR) is 65.7 cm³/mol. The molecule has 2 unspecified atom stereocenters. The van der Waals surface area contributed by atoms with E-state index in [-0.39, 0.29) is 0 Å². The van der Waals surface area contributed by atoms with Gasteiger partial charge in [0, 0.05) is 12.0 Å². The molecule has 1 aromatic carbocycles. The van der Waals surface area contributed by atoms with Gasteiger partial charge in [-0.05, 0) is 38.4 Å². The Bertz CT molecular complexity index is 515. The number of aromatic nitrogens is 2. The highest BCUT2D eigenvalue weighted by atomic mass is 15.0. The van der Waals surface area contributed by atoms with Gasteiger partial charge in [-0.3, -0.25) is 0 Å². The van der Waals surface area contributed by atoms with E-state index in [0.717, 1.165) is 23.4 Å². The van der Waals surface area contributed by atoms with Crippen LogP contribution in [0.15, 0.2) is 18.2 Å². The standard InChI is InChI=1S/C13H17N3/c1-8-4-3-5-11-12(8)16-13(15-11)10-6-7-14-9(10)2/h3-5,9-10,14H,6-7H2,1-2H3,(H,15,16). The molecule has 0 aliphatic carbocycles. The first-order valence-corrected chi connectivity index (χ1v) is 5.94. The molecule has 0 saturated carbocycles. The zero-order valence-electron chi connectivity index (χ0n) is 9.75. The monoisotopic (exact) mass is 215 g/mol. The second-order valence-electron chi connectivity index (χ2n) is 4.73. The average molecular weight is 215 g/mol. The van der Waals surface area contributed by atoms with Crippen molar-refractivity contribution in [2.45, 2.75) is 32.2 Å². The zero-order chi connectivity index (χ0) is 11.1. The van der Waals surface area contributed by atoms with E-state index in [1.807, 2.05) is 0 Å². The average Bonchev–Trinajstić information content (AvgIpc) is 2.84. The summed E-state index contributed by atoms with van der Waals surface area (Å²) in [6.07, 6.45) is 1.18. The Balaban J connectivity index is 2.08. The summed E-state index contributed by atoms with van der Waals surface area (Å²) < 4.78 is 0. The molecule has 84 valence electrons. The van der Waals surface area contributed by atoms with Gasteiger partial charge >= 0.3 is 0 Å². The summed E-state index contributed by atoms with van der Waals surface area (Å²) in [7, 11) is 0. The van der Waals surface area contributed by atoms with Crippen molar-refractivity contribution in [3.05, 3.63) is 29.6 Å². The Hall–Kier alpha value is -1.35. The van der Waals surface area contributed by atoms with Crippen LogP contribution in [0.25, 0.3) is 11.0 Å². The molecule has 2 aromatic rings. The van der Waals surface area contributed by atoms with Gasteiger partial charge in [-0.2, -0.15) is 0 Å². The molecule has 3 nitrogen and oxygen atoms in total. The highest BCUT2D eigenvalue weighted by Gasteiger charge is 2.27. The van der Waals surface area contributed by atoms with Gasteiger partial charge in [-0.1, -0.05) is 12.1 Å². The summed E-state index contributed by atoms with van der Waals surface area (Å²) in [6.45, 7) is 5.45. The van der Waals surface area contributed by atoms with Crippen LogP contribution in [-0.2, 0) is 0 Å². The fourth-order valence-electron chi connectivity index (χ4n) is 2.60. The van der Waals surface area contributed by atoms with Gasteiger partial charge in [0.15, 0.2) is 0 Å². The van der Waals surface area contributed by atoms with Gasteiger partial charge in [0.25, 0.3) is 0 Å². The van der Waals surface area contributed by atoms with Crippen molar-refractivity contribution in [2.75, 3.05) is 6.54 Å². The van der Waals surface area contributed by atoms with Crippen LogP contribution in [0.5, 0.6) is 0 Å². The van der Waals surface area contributed by atoms with E-state index in [1.54, 1.807) is 0 Å². The van der Waals surface area contributed by atoms with E-state index in [2.05, 4.69) is 42.3 Å². The molecular formula is C13H17N3. The van der Waals surface area contributed by atoms with Gasteiger partial charge in [-0.15, -0.1) is 0 Å². The summed E-state index contributed by atoms with van der Waals surface area (Å²) in [5, 5.41) is 3.47. The van der Waals surface area contributed by atoms with Crippen molar-refractivity contribution in [1.82, 2.24) is 15.3 Å². The Morgan fingerprint density at radius 3 is 2.94 bits per heavy atom. The zero-order valence-corrected chi connectivity index (χ0v) is 9.75. The van der Waals surface area contributed by atoms with E-state index in [1.165, 1.54) is 12.0 Å². The Morgan fingerprint density at radius 2 is 2.25 bits per heavy atom. The molecule has 1 aromatic heterocycles. The Kier molecular flexibility index (Phi) is 2.21. The third kappa shape index (κ3) is 1.43. The molecule has 3 heteroatoms. The molecule has 0 spiro atoms. The number of nitrogens with zero attached hydrogens (tertiary/aromatic N) is 1. The molecular weight excluding hydrogens is 198 g/mol. The van der Waals surface area contributed by atoms with E-state index < -0.39 is 0 Å². The number of hydrogen-bond acceptors (Lipinski definition) is 2. The minimum atomic E-state index is 0.529. The first kappa shape index (κ1) is 9.85. The number of imidazole rings is 1. The summed E-state index contributed by atoms with van der Waals surface area (Å²) >= 11 is 0. The van der Waals surface area contributed by atoms with Crippen LogP contribution < -0.4 is 5.32 Å². The van der Waals surface area contributed by atoms with E-state index in [4.69, 9.17) is 4.98 Å². The summed E-state index contributed by atoms with van der Waals surface area (Å²) in [6, 6.07) is 6.83. The highest BCUT2D eigenvalue weighted by Crippen LogP contribution is 2.27. The number of aryl methyl sites for hydroxylation is 1. The lowest BCUT2D eigenvalue weighted by atomic mass is 10.0. The predicted octanol–water partition coefficient (Wildman–Crippen LogP) is 2.34. The molecule has 2 N–H and O–H groups in total. The van der Waals surface area contributed by atoms with E-state index in [9.17, 15) is 0 Å². The minimum Gasteiger partial charge on any atom is -0.342 e. The molecule has 0 radical (unpaired) electrons. The fourth-order valence-corrected chi connectivity index (χ4v) is 2.60. The summed E-state index contributed by atoms with van der Waals surface area (Å²) in [5.41, 5.74) is 3.53. The van der Waals surface area contributed by atoms with Gasteiger partial charge in [0.05, 0.1) is 11.0 Å². The van der Waals surface area contributed by atoms with Gasteiger partial charge in [0.2, 0.25) is 0 Å². The van der Waals surface area contributed by atoms with Crippen molar-refractivity contribution in [2.24, 2.45) is 0 Å². The third-order valence-electron chi connectivity index (χ3n) is 3.61. The summed E-state index contributed by atoms with van der Waals surface area (Å²) in [4.78, 5) is 8.21. The Morgan fingerprint density at radius 1 is 1.38 bits per heavy atom. The topological polar surface area (TPSA) is 40.7 Å². The second kappa shape index (κ2) is 3.59. The third-order valence-corrected chi connectivity index (χ3v) is 3.61. The van der Waals surface area contributed by atoms with E-state index in [0.29, 0.717) is 12.0 Å². The van der Waals surface area contributed by atoms with Gasteiger partial charge in [-0.25, -0.2) is 4.98 Å². The first-order chi connectivity index (χ1) is 7.75. The van der Waals surface area contributed by atoms with Crippen LogP contribution in [0.3, 0.4) is 0 Å². The quantitative estimate of drug-likeness (QED) is 0.766. The first-order valence-electron chi connectivity index (χ1n) is 5.94. The lowest BCUT2D eigenvalue weighted by molar-refractivity contribution is 0.574. The number of para-hydroxylation sites is 1. The van der Waals surface area contributed by atoms with Crippen molar-refractivity contribution in [3.63, 3.8) is 0 Å². The number of nitrogens with one attached hydrogen (secondary N) is 2. The SMILES string of the molecule is Cc1cccc2[nH]c(C3CCNC3C)nc12. The largest absolute Gasteiger partial charge is 0.342 e. The Labute approximate surface area is 95.3 Å². The molecule has 1 saturated heterocycles. The van der Waals surface area contributed by atoms with Crippen molar-refractivity contribution >= 4 is 11.0 Å². The normalized spacial score (nSPS) is 25.4. The number of hydrogen-bond donors (Lipinski definition) is 2. The molecule has 1 fully saturated rings. The van der Waals surface area contributed by atoms with Gasteiger partial charge in [0.1, 0.15) is 5.82 Å². The van der Waals surface area contributed by atoms with Crippen LogP contribution in [-0.4, -0.2) is 22.6 Å². The van der Waals surface area contributed by atoms with Crippen LogP contribution in [0, 0.1) is 6.92 Å². The molecule has 0 amide bonds. The molecule has 2 atom stereocenters. The number of H-pyrrole nitrogens is 1. The molecule has 3 rings (SSSR count). The maximum Gasteiger partial charge on any atom is 0.111 e. The number of aromatic amines is 1. The lowest BCUT2D eigenvalue weighted by Gasteiger charge is -2.11. The molecule has 2 heterocycles. The number of benzene rings is 1. The van der Waals surface area contributed by atoms with Gasteiger partial charge < -0.3 is 10.3 Å². The molecule has 1 aliphatic heterocycles. The van der Waals surface area contributed by atoms with Crippen molar-refractivity contribution < 1.29 is 0 Å². The number of rotatable bonds is 1. The van der Waals surface area contributed by atoms with Crippen molar-refractivity contribution in [1.29, 1.82) is 0 Å². The highest BCUT2D eigenvalue weighted by molar-refractivity contribution is 5.78. The summed E-state index contributed by atoms with van der Waals surface area (Å²) in [5.74, 6) is 1.67. The van der Waals surface area contributed by atoms with Crippen LogP contribution >= 0.6 is 0 Å². The molecule has 0 bridgehead atoms. The van der Waals surface area contributed by atoms with Crippen LogP contribution in [0.1, 0.15) is 30.7 Å². The fraction of sp³-hybridized carbons (Fsp3) is 0.462. The second-order valence-corrected chi connectivity index (χ2v) is 4.73. The van der Waals surface area contributed by atoms with Crippen molar-refractivity contribution in [3.8, 4) is 0 Å². The van der Waals surface area contributed by atoms with Crippen LogP contribution in [0.4, 0.5) is 0 Å². The van der Waals surface area contributed by atoms with E-state index >= 15 is 0 Å². The molecule has 16 heavy (non-hydrogen) atoms.